The van der Waals surface area contributed by atoms with Gasteiger partial charge in [-0.15, -0.1) is 47.0 Å². The van der Waals surface area contributed by atoms with Gasteiger partial charge in [0.1, 0.15) is 0 Å². The molecule has 0 saturated carbocycles. The molecule has 0 radical (unpaired) electrons. The van der Waals surface area contributed by atoms with Gasteiger partial charge >= 0.3 is 0 Å². The lowest BCUT2D eigenvalue weighted by atomic mass is 10.2. The van der Waals surface area contributed by atoms with E-state index in [1.807, 2.05) is 118 Å². The Hall–Kier alpha value is 2.48. The quantitative estimate of drug-likeness (QED) is 0.161. The van der Waals surface area contributed by atoms with Gasteiger partial charge in [-0.1, -0.05) is 141 Å². The van der Waals surface area contributed by atoms with Gasteiger partial charge in [-0.3, -0.25) is 0 Å². The Kier molecular flexibility index (Phi) is 16.6. The summed E-state index contributed by atoms with van der Waals surface area (Å²) < 4.78 is 11.1. The average molecular weight is 928 g/mol. The van der Waals surface area contributed by atoms with E-state index in [1.165, 1.54) is 43.7 Å². The first-order valence-corrected chi connectivity index (χ1v) is 28.4. The monoisotopic (exact) mass is 926 g/mol. The summed E-state index contributed by atoms with van der Waals surface area (Å²) in [5, 5.41) is 19.7. The highest BCUT2D eigenvalue weighted by atomic mass is 32.3. The second kappa shape index (κ2) is 19.9. The number of allylic oxidation sites excluding steroid dienone is 6. The molecule has 0 amide bonds. The molecule has 0 atom stereocenters. The van der Waals surface area contributed by atoms with E-state index in [4.69, 9.17) is 0 Å². The van der Waals surface area contributed by atoms with Crippen LogP contribution in [0.3, 0.4) is 0 Å². The molecule has 0 unspecified atom stereocenters. The van der Waals surface area contributed by atoms with Crippen LogP contribution in [0, 0.1) is 0 Å². The Morgan fingerprint density at radius 2 is 0.958 bits per heavy atom. The van der Waals surface area contributed by atoms with Crippen molar-refractivity contribution < 1.29 is 0 Å². The highest BCUT2D eigenvalue weighted by molar-refractivity contribution is 8.38. The second-order valence-corrected chi connectivity index (χ2v) is 30.2. The van der Waals surface area contributed by atoms with E-state index in [0.29, 0.717) is 0 Å². The zero-order chi connectivity index (χ0) is 33.4. The van der Waals surface area contributed by atoms with Crippen LogP contribution in [0.15, 0.2) is 123 Å². The van der Waals surface area contributed by atoms with Crippen molar-refractivity contribution in [3.05, 3.63) is 123 Å². The minimum absolute atomic E-state index is 0.0262. The molecule has 6 aliphatic rings. The van der Waals surface area contributed by atoms with Crippen LogP contribution in [0.2, 0.25) is 0 Å². The lowest BCUT2D eigenvalue weighted by Gasteiger charge is -2.27. The topological polar surface area (TPSA) is 0 Å². The zero-order valence-electron chi connectivity index (χ0n) is 26.0. The van der Waals surface area contributed by atoms with Gasteiger partial charge in [0, 0.05) is 50.7 Å². The van der Waals surface area contributed by atoms with Gasteiger partial charge in [0.05, 0.1) is 12.7 Å². The van der Waals surface area contributed by atoms with Crippen LogP contribution in [0.25, 0.3) is 0 Å². The van der Waals surface area contributed by atoms with Crippen molar-refractivity contribution >= 4 is 188 Å². The van der Waals surface area contributed by atoms with Crippen molar-refractivity contribution in [3.63, 3.8) is 0 Å². The first-order chi connectivity index (χ1) is 23.2. The lowest BCUT2D eigenvalue weighted by Crippen LogP contribution is -2.17. The van der Waals surface area contributed by atoms with Crippen molar-refractivity contribution in [1.82, 2.24) is 0 Å². The van der Waals surface area contributed by atoms with Gasteiger partial charge in [-0.25, -0.2) is 0 Å². The summed E-state index contributed by atoms with van der Waals surface area (Å²) in [6, 6.07) is 0. The summed E-state index contributed by atoms with van der Waals surface area (Å²) in [6.07, 6.45) is 13.7. The molecule has 16 heteroatoms. The van der Waals surface area contributed by atoms with Crippen LogP contribution in [-0.2, 0) is 0 Å². The van der Waals surface area contributed by atoms with Crippen molar-refractivity contribution in [1.29, 1.82) is 0 Å². The normalized spacial score (nSPS) is 23.7. The summed E-state index contributed by atoms with van der Waals surface area (Å²) in [4.78, 5) is 2.96. The van der Waals surface area contributed by atoms with Gasteiger partial charge in [0.15, 0.2) is 0 Å². The fourth-order valence-electron chi connectivity index (χ4n) is 3.73. The molecule has 0 aliphatic carbocycles. The molecule has 0 aromatic rings. The Bertz CT molecular complexity index is 1600. The molecule has 6 rings (SSSR count). The van der Waals surface area contributed by atoms with Gasteiger partial charge in [0.2, 0.25) is 0 Å². The van der Waals surface area contributed by atoms with Crippen LogP contribution < -0.4 is 0 Å². The van der Waals surface area contributed by atoms with Crippen LogP contribution in [0.5, 0.6) is 0 Å². The van der Waals surface area contributed by atoms with Gasteiger partial charge in [-0.05, 0) is 107 Å². The van der Waals surface area contributed by atoms with Crippen LogP contribution in [0.1, 0.15) is 27.7 Å². The predicted molar refractivity (Wildman–Crippen MR) is 258 cm³/mol. The third-order valence-corrected chi connectivity index (χ3v) is 26.0. The molecule has 0 nitrogen and oxygen atoms in total. The lowest BCUT2D eigenvalue weighted by molar-refractivity contribution is 0.888. The second-order valence-electron chi connectivity index (χ2n) is 10.5. The smallest absolute Gasteiger partial charge is 0.0576 e. The van der Waals surface area contributed by atoms with Crippen LogP contribution in [-0.4, -0.2) is 19.7 Å². The van der Waals surface area contributed by atoms with Crippen molar-refractivity contribution in [2.45, 2.75) is 37.2 Å². The molecular weight excluding hydrogens is 897 g/mol. The highest BCUT2D eigenvalue weighted by Gasteiger charge is 2.35. The van der Waals surface area contributed by atoms with Crippen LogP contribution in [0.4, 0.5) is 0 Å². The molecule has 0 aromatic carbocycles. The van der Waals surface area contributed by atoms with Gasteiger partial charge in [-0.2, -0.15) is 0 Å². The predicted octanol–water partition coefficient (Wildman–Crippen LogP) is 17.5. The Morgan fingerprint density at radius 3 is 1.56 bits per heavy atom. The van der Waals surface area contributed by atoms with Crippen LogP contribution >= 0.6 is 188 Å². The molecule has 48 heavy (non-hydrogen) atoms. The number of rotatable bonds is 13. The standard InChI is InChI=1S/C32H30S16/c1-31(2,21-17-39-25(45-21)8-5-22-33-11-12-34-22)43-20-42-30-29(47-27(48-30)10-7-24-37-15-16-38-24)32(3,4)44-19-41-28-18-40-26(46-28)9-6-23-35-13-14-36-23/h5-18H,19-20H2,1-4H3/b25-8+,26-9+,27-10-. The molecule has 0 spiro atoms. The molecule has 0 saturated heterocycles. The Balaban J connectivity index is 1.04. The summed E-state index contributed by atoms with van der Waals surface area (Å²) in [7, 11) is 0. The molecule has 6 heterocycles. The first-order valence-electron chi connectivity index (χ1n) is 14.2. The van der Waals surface area contributed by atoms with E-state index in [9.17, 15) is 0 Å². The SMILES string of the molecule is CC(C)(SCSC1=C(C(C)(C)SCSC2=CS/C(=C\C=C3SC=CS3)S2)S/C(=C/C=C2SC=CS2)S1)C1=CS/C(=C\C=C2SC=CS2)S1. The first kappa shape index (κ1) is 40.2. The minimum atomic E-state index is 0.0262. The summed E-state index contributed by atoms with van der Waals surface area (Å²) in [5.74, 6) is 0. The third kappa shape index (κ3) is 12.2. The van der Waals surface area contributed by atoms with Gasteiger partial charge < -0.3 is 0 Å². The highest BCUT2D eigenvalue weighted by Crippen LogP contribution is 2.61. The summed E-state index contributed by atoms with van der Waals surface area (Å²) in [6.45, 7) is 9.59. The minimum Gasteiger partial charge on any atom is -0.139 e. The van der Waals surface area contributed by atoms with E-state index in [2.05, 4.69) is 131 Å². The Morgan fingerprint density at radius 1 is 0.479 bits per heavy atom. The fraction of sp³-hybridized carbons (Fsp3) is 0.250. The molecular formula is C32H30S16. The van der Waals surface area contributed by atoms with E-state index in [0.717, 1.165) is 10.2 Å². The molecule has 0 aromatic heterocycles. The van der Waals surface area contributed by atoms with E-state index in [-0.39, 0.29) is 9.49 Å². The van der Waals surface area contributed by atoms with Crippen molar-refractivity contribution in [3.8, 4) is 0 Å². The van der Waals surface area contributed by atoms with Crippen molar-refractivity contribution in [2.24, 2.45) is 0 Å². The number of thioether (sulfide) groups is 16. The summed E-state index contributed by atoms with van der Waals surface area (Å²) in [5.41, 5.74) is 0. The number of hydrogen-bond acceptors (Lipinski definition) is 16. The molecule has 6 aliphatic heterocycles. The van der Waals surface area contributed by atoms with Gasteiger partial charge in [0.25, 0.3) is 0 Å². The number of hydrogen-bond donors (Lipinski definition) is 0. The zero-order valence-corrected chi connectivity index (χ0v) is 39.1. The fourth-order valence-corrected chi connectivity index (χ4v) is 22.8. The maximum Gasteiger partial charge on any atom is 0.0576 e. The van der Waals surface area contributed by atoms with E-state index < -0.39 is 0 Å². The average Bonchev–Trinajstić information content (AvgIpc) is 3.91. The molecule has 254 valence electrons. The van der Waals surface area contributed by atoms with Crippen molar-refractivity contribution in [2.75, 3.05) is 10.2 Å². The maximum atomic E-state index is 2.42. The van der Waals surface area contributed by atoms with E-state index in [1.54, 1.807) is 47.0 Å². The Labute approximate surface area is 354 Å². The molecule has 0 bridgehead atoms. The largest absolute Gasteiger partial charge is 0.139 e. The van der Waals surface area contributed by atoms with E-state index >= 15 is 0 Å². The molecule has 0 fully saturated rings. The maximum absolute atomic E-state index is 2.42. The molecule has 0 N–H and O–H groups in total. The summed E-state index contributed by atoms with van der Waals surface area (Å²) >= 11 is 30.5. The third-order valence-electron chi connectivity index (χ3n) is 6.26.